The zero-order chi connectivity index (χ0) is 21.3. The van der Waals surface area contributed by atoms with Gasteiger partial charge in [-0.25, -0.2) is 0 Å². The standard InChI is InChI=1S/C27H47NO2/c1-16-5-8-23(28-15-16)17(2)25-24(30)14-22-20-7-6-18-13-19(29)9-11-26(18,3)21(20)10-12-27(22,25)4/h16-25,28-30H,5-15H2,1-4H3/t16-,17-,18+,19+,20-,21+,22+,23+,24-,25+,26+,27+/m1/s1. The first-order chi connectivity index (χ1) is 14.2. The van der Waals surface area contributed by atoms with Crippen LogP contribution in [-0.2, 0) is 0 Å². The minimum Gasteiger partial charge on any atom is -0.393 e. The molecule has 5 aliphatic rings. The van der Waals surface area contributed by atoms with Gasteiger partial charge in [0.25, 0.3) is 0 Å². The second-order valence-electron chi connectivity index (χ2n) is 13.0. The molecular formula is C27H47NO2. The lowest BCUT2D eigenvalue weighted by atomic mass is 9.44. The van der Waals surface area contributed by atoms with E-state index in [0.29, 0.717) is 34.6 Å². The molecule has 0 bridgehead atoms. The van der Waals surface area contributed by atoms with Gasteiger partial charge in [0.1, 0.15) is 0 Å². The van der Waals surface area contributed by atoms with Crippen LogP contribution in [0.5, 0.6) is 0 Å². The minimum atomic E-state index is -0.117. The van der Waals surface area contributed by atoms with Crippen molar-refractivity contribution in [3.63, 3.8) is 0 Å². The molecule has 0 aromatic carbocycles. The average Bonchev–Trinajstić information content (AvgIpc) is 2.98. The topological polar surface area (TPSA) is 52.5 Å². The molecule has 3 nitrogen and oxygen atoms in total. The Bertz CT molecular complexity index is 630. The SMILES string of the molecule is C[C@@H]1CC[C@@H]([C@@H](C)[C@H]2[C@H](O)C[C@H]3[C@@H]4CC[C@H]5C[C@@H](O)CC[C@]5(C)[C@H]4CC[C@]23C)NC1. The molecule has 0 radical (unpaired) electrons. The Hall–Kier alpha value is -0.120. The summed E-state index contributed by atoms with van der Waals surface area (Å²) < 4.78 is 0. The van der Waals surface area contributed by atoms with Crippen molar-refractivity contribution in [2.75, 3.05) is 6.54 Å². The van der Waals surface area contributed by atoms with Crippen molar-refractivity contribution in [1.29, 1.82) is 0 Å². The van der Waals surface area contributed by atoms with Gasteiger partial charge < -0.3 is 15.5 Å². The lowest BCUT2D eigenvalue weighted by molar-refractivity contribution is -0.130. The van der Waals surface area contributed by atoms with E-state index in [1.165, 1.54) is 44.9 Å². The van der Waals surface area contributed by atoms with Crippen LogP contribution in [0.25, 0.3) is 0 Å². The van der Waals surface area contributed by atoms with Crippen LogP contribution in [0.3, 0.4) is 0 Å². The number of hydrogen-bond donors (Lipinski definition) is 3. The normalized spacial score (nSPS) is 57.2. The van der Waals surface area contributed by atoms with E-state index >= 15 is 0 Å². The van der Waals surface area contributed by atoms with Gasteiger partial charge in [0.15, 0.2) is 0 Å². The summed E-state index contributed by atoms with van der Waals surface area (Å²) in [5.74, 6) is 4.85. The van der Waals surface area contributed by atoms with Gasteiger partial charge in [-0.15, -0.1) is 0 Å². The first-order valence-electron chi connectivity index (χ1n) is 13.3. The van der Waals surface area contributed by atoms with E-state index < -0.39 is 0 Å². The fourth-order valence-electron chi connectivity index (χ4n) is 9.96. The summed E-state index contributed by atoms with van der Waals surface area (Å²) in [5.41, 5.74) is 0.737. The van der Waals surface area contributed by atoms with Gasteiger partial charge in [0.2, 0.25) is 0 Å². The summed E-state index contributed by atoms with van der Waals surface area (Å²) in [4.78, 5) is 0. The highest BCUT2D eigenvalue weighted by Crippen LogP contribution is 2.68. The molecule has 0 unspecified atom stereocenters. The number of hydrogen-bond acceptors (Lipinski definition) is 3. The van der Waals surface area contributed by atoms with E-state index in [1.54, 1.807) is 0 Å². The lowest BCUT2D eigenvalue weighted by Crippen LogP contribution is -2.55. The van der Waals surface area contributed by atoms with E-state index in [0.717, 1.165) is 49.5 Å². The molecule has 0 amide bonds. The molecule has 3 N–H and O–H groups in total. The Kier molecular flexibility index (Phi) is 5.60. The van der Waals surface area contributed by atoms with Crippen LogP contribution in [0.15, 0.2) is 0 Å². The van der Waals surface area contributed by atoms with Crippen molar-refractivity contribution in [2.45, 2.75) is 110 Å². The monoisotopic (exact) mass is 417 g/mol. The summed E-state index contributed by atoms with van der Waals surface area (Å²) in [6.07, 6.45) is 12.0. The third-order valence-corrected chi connectivity index (χ3v) is 11.6. The summed E-state index contributed by atoms with van der Waals surface area (Å²) in [7, 11) is 0. The molecule has 0 aromatic heterocycles. The molecule has 5 rings (SSSR count). The number of piperidine rings is 1. The lowest BCUT2D eigenvalue weighted by Gasteiger charge is -2.61. The smallest absolute Gasteiger partial charge is 0.0579 e. The molecular weight excluding hydrogens is 370 g/mol. The molecule has 0 aromatic rings. The molecule has 1 aliphatic heterocycles. The zero-order valence-electron chi connectivity index (χ0n) is 19.9. The number of rotatable bonds is 2. The highest BCUT2D eigenvalue weighted by atomic mass is 16.3. The first-order valence-corrected chi connectivity index (χ1v) is 13.3. The van der Waals surface area contributed by atoms with Crippen LogP contribution >= 0.6 is 0 Å². The van der Waals surface area contributed by atoms with Crippen molar-refractivity contribution in [3.8, 4) is 0 Å². The van der Waals surface area contributed by atoms with E-state index in [2.05, 4.69) is 33.0 Å². The predicted octanol–water partition coefficient (Wildman–Crippen LogP) is 5.00. The van der Waals surface area contributed by atoms with Crippen LogP contribution in [0.2, 0.25) is 0 Å². The Morgan fingerprint density at radius 1 is 0.867 bits per heavy atom. The van der Waals surface area contributed by atoms with Gasteiger partial charge in [-0.3, -0.25) is 0 Å². The van der Waals surface area contributed by atoms with Gasteiger partial charge >= 0.3 is 0 Å². The number of nitrogens with one attached hydrogen (secondary N) is 1. The van der Waals surface area contributed by atoms with E-state index in [4.69, 9.17) is 0 Å². The maximum absolute atomic E-state index is 11.4. The summed E-state index contributed by atoms with van der Waals surface area (Å²) >= 11 is 0. The molecule has 172 valence electrons. The molecule has 3 heteroatoms. The van der Waals surface area contributed by atoms with Crippen LogP contribution in [0, 0.1) is 52.3 Å². The van der Waals surface area contributed by atoms with Crippen LogP contribution < -0.4 is 5.32 Å². The molecule has 5 fully saturated rings. The Labute approximate surface area is 184 Å². The summed E-state index contributed by atoms with van der Waals surface area (Å²) in [6.45, 7) is 11.1. The Balaban J connectivity index is 1.37. The molecule has 4 aliphatic carbocycles. The highest BCUT2D eigenvalue weighted by Gasteiger charge is 2.63. The zero-order valence-corrected chi connectivity index (χ0v) is 19.9. The van der Waals surface area contributed by atoms with E-state index in [9.17, 15) is 10.2 Å². The van der Waals surface area contributed by atoms with Crippen LogP contribution in [-0.4, -0.2) is 35.0 Å². The molecule has 1 saturated heterocycles. The number of aliphatic hydroxyl groups excluding tert-OH is 2. The predicted molar refractivity (Wildman–Crippen MR) is 122 cm³/mol. The maximum Gasteiger partial charge on any atom is 0.0579 e. The Morgan fingerprint density at radius 2 is 1.63 bits per heavy atom. The van der Waals surface area contributed by atoms with Gasteiger partial charge in [-0.1, -0.05) is 27.7 Å². The third-order valence-electron chi connectivity index (χ3n) is 11.6. The molecule has 1 heterocycles. The largest absolute Gasteiger partial charge is 0.393 e. The summed E-state index contributed by atoms with van der Waals surface area (Å²) in [5, 5.41) is 25.5. The summed E-state index contributed by atoms with van der Waals surface area (Å²) in [6, 6.07) is 0.585. The van der Waals surface area contributed by atoms with Gasteiger partial charge in [0.05, 0.1) is 12.2 Å². The number of fused-ring (bicyclic) bond motifs is 5. The quantitative estimate of drug-likeness (QED) is 0.592. The molecule has 0 spiro atoms. The van der Waals surface area contributed by atoms with Crippen LogP contribution in [0.4, 0.5) is 0 Å². The second kappa shape index (κ2) is 7.73. The minimum absolute atomic E-state index is 0.0577. The molecule has 30 heavy (non-hydrogen) atoms. The fraction of sp³-hybridized carbons (Fsp3) is 1.00. The fourth-order valence-corrected chi connectivity index (χ4v) is 9.96. The second-order valence-corrected chi connectivity index (χ2v) is 13.0. The number of aliphatic hydroxyl groups is 2. The average molecular weight is 418 g/mol. The Morgan fingerprint density at radius 3 is 2.37 bits per heavy atom. The highest BCUT2D eigenvalue weighted by molar-refractivity contribution is 5.12. The van der Waals surface area contributed by atoms with Crippen molar-refractivity contribution >= 4 is 0 Å². The third kappa shape index (κ3) is 3.24. The van der Waals surface area contributed by atoms with E-state index in [-0.39, 0.29) is 12.2 Å². The molecule has 12 atom stereocenters. The van der Waals surface area contributed by atoms with Crippen molar-refractivity contribution in [3.05, 3.63) is 0 Å². The van der Waals surface area contributed by atoms with Gasteiger partial charge in [0, 0.05) is 6.04 Å². The van der Waals surface area contributed by atoms with Crippen molar-refractivity contribution in [1.82, 2.24) is 5.32 Å². The van der Waals surface area contributed by atoms with Gasteiger partial charge in [-0.2, -0.15) is 0 Å². The van der Waals surface area contributed by atoms with Gasteiger partial charge in [-0.05, 0) is 123 Å². The molecule has 4 saturated carbocycles. The van der Waals surface area contributed by atoms with Crippen molar-refractivity contribution < 1.29 is 10.2 Å². The maximum atomic E-state index is 11.4. The first kappa shape index (κ1) is 21.7. The van der Waals surface area contributed by atoms with Crippen LogP contribution in [0.1, 0.15) is 91.9 Å². The van der Waals surface area contributed by atoms with E-state index in [1.807, 2.05) is 0 Å². The van der Waals surface area contributed by atoms with Crippen molar-refractivity contribution in [2.24, 2.45) is 52.3 Å².